The Morgan fingerprint density at radius 1 is 1.47 bits per heavy atom. The van der Waals surface area contributed by atoms with E-state index in [2.05, 4.69) is 10.3 Å². The van der Waals surface area contributed by atoms with Gasteiger partial charge in [0, 0.05) is 25.2 Å². The Bertz CT molecular complexity index is 574. The summed E-state index contributed by atoms with van der Waals surface area (Å²) in [6, 6.07) is 0.241. The first-order valence-electron chi connectivity index (χ1n) is 5.76. The predicted molar refractivity (Wildman–Crippen MR) is 65.8 cm³/mol. The van der Waals surface area contributed by atoms with Gasteiger partial charge in [0.15, 0.2) is 0 Å². The molecule has 8 nitrogen and oxygen atoms in total. The normalized spacial score (nSPS) is 11.8. The van der Waals surface area contributed by atoms with Gasteiger partial charge in [-0.1, -0.05) is 6.92 Å². The predicted octanol–water partition coefficient (Wildman–Crippen LogP) is -1.09. The fraction of sp³-hybridized carbons (Fsp3) is 0.455. The number of aliphatic carboxylic acids is 1. The largest absolute Gasteiger partial charge is 0.480 e. The lowest BCUT2D eigenvalue weighted by Crippen LogP contribution is -2.41. The average Bonchev–Trinajstić information content (AvgIpc) is 2.34. The minimum absolute atomic E-state index is 0.0459. The van der Waals surface area contributed by atoms with Crippen molar-refractivity contribution >= 4 is 11.9 Å². The fourth-order valence-electron chi connectivity index (χ4n) is 1.45. The number of aromatic nitrogens is 2. The van der Waals surface area contributed by atoms with E-state index >= 15 is 0 Å². The highest BCUT2D eigenvalue weighted by Crippen LogP contribution is 1.93. The zero-order valence-corrected chi connectivity index (χ0v) is 10.4. The summed E-state index contributed by atoms with van der Waals surface area (Å²) >= 11 is 0. The van der Waals surface area contributed by atoms with Crippen molar-refractivity contribution in [1.82, 2.24) is 14.9 Å². The van der Waals surface area contributed by atoms with Gasteiger partial charge in [0.05, 0.1) is 0 Å². The van der Waals surface area contributed by atoms with Gasteiger partial charge in [-0.05, 0) is 6.42 Å². The molecule has 0 aliphatic heterocycles. The maximum Gasteiger partial charge on any atom is 0.328 e. The van der Waals surface area contributed by atoms with Gasteiger partial charge in [-0.15, -0.1) is 0 Å². The number of hydrogen-bond donors (Lipinski definition) is 3. The SMILES string of the molecule is CCC(NC(=O)CCn1ccc(=O)[nH]c1=O)C(=O)O. The second-order valence-electron chi connectivity index (χ2n) is 3.92. The maximum atomic E-state index is 11.5. The molecule has 19 heavy (non-hydrogen) atoms. The monoisotopic (exact) mass is 269 g/mol. The lowest BCUT2D eigenvalue weighted by atomic mass is 10.2. The third-order valence-electron chi connectivity index (χ3n) is 2.52. The Balaban J connectivity index is 2.57. The van der Waals surface area contributed by atoms with Crippen LogP contribution >= 0.6 is 0 Å². The molecule has 0 aliphatic rings. The van der Waals surface area contributed by atoms with Crippen LogP contribution < -0.4 is 16.6 Å². The van der Waals surface area contributed by atoms with Crippen molar-refractivity contribution in [2.75, 3.05) is 0 Å². The van der Waals surface area contributed by atoms with Gasteiger partial charge in [0.1, 0.15) is 6.04 Å². The van der Waals surface area contributed by atoms with Gasteiger partial charge in [0.2, 0.25) is 5.91 Å². The minimum Gasteiger partial charge on any atom is -0.480 e. The van der Waals surface area contributed by atoms with Crippen molar-refractivity contribution in [3.05, 3.63) is 33.1 Å². The summed E-state index contributed by atoms with van der Waals surface area (Å²) < 4.78 is 1.17. The number of rotatable bonds is 6. The standard InChI is InChI=1S/C11H15N3O5/c1-2-7(10(17)18)12-8(15)3-5-14-6-4-9(16)13-11(14)19/h4,6-7H,2-3,5H2,1H3,(H,12,15)(H,17,18)(H,13,16,19). The zero-order chi connectivity index (χ0) is 14.4. The van der Waals surface area contributed by atoms with Crippen LogP contribution in [-0.4, -0.2) is 32.6 Å². The number of amides is 1. The van der Waals surface area contributed by atoms with E-state index in [1.165, 1.54) is 16.8 Å². The van der Waals surface area contributed by atoms with E-state index in [1.807, 2.05) is 0 Å². The lowest BCUT2D eigenvalue weighted by molar-refractivity contribution is -0.141. The van der Waals surface area contributed by atoms with Crippen LogP contribution in [0.5, 0.6) is 0 Å². The van der Waals surface area contributed by atoms with E-state index in [0.29, 0.717) is 0 Å². The Morgan fingerprint density at radius 2 is 2.16 bits per heavy atom. The summed E-state index contributed by atoms with van der Waals surface area (Å²) in [6.45, 7) is 1.71. The number of carbonyl (C=O) groups excluding carboxylic acids is 1. The molecule has 0 saturated heterocycles. The van der Waals surface area contributed by atoms with Gasteiger partial charge < -0.3 is 15.0 Å². The maximum absolute atomic E-state index is 11.5. The molecule has 3 N–H and O–H groups in total. The molecule has 0 aromatic carbocycles. The number of carboxylic acids is 1. The van der Waals surface area contributed by atoms with Crippen molar-refractivity contribution < 1.29 is 14.7 Å². The van der Waals surface area contributed by atoms with Crippen molar-refractivity contribution in [2.24, 2.45) is 0 Å². The van der Waals surface area contributed by atoms with Gasteiger partial charge in [-0.3, -0.25) is 14.6 Å². The molecule has 1 atom stereocenters. The summed E-state index contributed by atoms with van der Waals surface area (Å²) in [5.74, 6) is -1.57. The van der Waals surface area contributed by atoms with Crippen LogP contribution in [0.15, 0.2) is 21.9 Å². The van der Waals surface area contributed by atoms with Gasteiger partial charge in [0.25, 0.3) is 5.56 Å². The highest BCUT2D eigenvalue weighted by molar-refractivity contribution is 5.83. The highest BCUT2D eigenvalue weighted by Gasteiger charge is 2.17. The van der Waals surface area contributed by atoms with E-state index in [4.69, 9.17) is 5.11 Å². The molecule has 0 spiro atoms. The van der Waals surface area contributed by atoms with Crippen LogP contribution in [0.25, 0.3) is 0 Å². The Labute approximate surface area is 108 Å². The Hall–Kier alpha value is -2.38. The molecule has 0 radical (unpaired) electrons. The summed E-state index contributed by atoms with van der Waals surface area (Å²) in [5, 5.41) is 11.1. The van der Waals surface area contributed by atoms with Gasteiger partial charge in [-0.2, -0.15) is 0 Å². The second-order valence-corrected chi connectivity index (χ2v) is 3.92. The first-order valence-corrected chi connectivity index (χ1v) is 5.76. The van der Waals surface area contributed by atoms with Crippen LogP contribution in [0.4, 0.5) is 0 Å². The first kappa shape index (κ1) is 14.7. The molecule has 0 bridgehead atoms. The summed E-state index contributed by atoms with van der Waals surface area (Å²) in [6.07, 6.45) is 1.51. The van der Waals surface area contributed by atoms with Crippen LogP contribution in [0.2, 0.25) is 0 Å². The molecule has 0 aliphatic carbocycles. The fourth-order valence-corrected chi connectivity index (χ4v) is 1.45. The second kappa shape index (κ2) is 6.53. The molecule has 1 aromatic rings. The molecule has 8 heteroatoms. The number of H-pyrrole nitrogens is 1. The first-order chi connectivity index (χ1) is 8.93. The summed E-state index contributed by atoms with van der Waals surface area (Å²) in [4.78, 5) is 46.4. The van der Waals surface area contributed by atoms with Crippen molar-refractivity contribution in [1.29, 1.82) is 0 Å². The molecule has 1 unspecified atom stereocenters. The van der Waals surface area contributed by atoms with Crippen molar-refractivity contribution in [3.63, 3.8) is 0 Å². The topological polar surface area (TPSA) is 121 Å². The van der Waals surface area contributed by atoms with Crippen LogP contribution in [0, 0.1) is 0 Å². The van der Waals surface area contributed by atoms with E-state index in [1.54, 1.807) is 6.92 Å². The average molecular weight is 269 g/mol. The molecule has 1 rings (SSSR count). The number of nitrogens with zero attached hydrogens (tertiary/aromatic N) is 1. The van der Waals surface area contributed by atoms with Crippen LogP contribution in [0.3, 0.4) is 0 Å². The number of aromatic amines is 1. The molecular formula is C11H15N3O5. The lowest BCUT2D eigenvalue weighted by Gasteiger charge is -2.12. The van der Waals surface area contributed by atoms with Crippen LogP contribution in [0.1, 0.15) is 19.8 Å². The van der Waals surface area contributed by atoms with Gasteiger partial charge in [-0.25, -0.2) is 9.59 Å². The van der Waals surface area contributed by atoms with E-state index in [0.717, 1.165) is 0 Å². The third-order valence-corrected chi connectivity index (χ3v) is 2.52. The Kier molecular flexibility index (Phi) is 5.04. The number of aryl methyl sites for hydroxylation is 1. The van der Waals surface area contributed by atoms with Crippen molar-refractivity contribution in [3.8, 4) is 0 Å². The van der Waals surface area contributed by atoms with E-state index < -0.39 is 29.2 Å². The number of carboxylic acid groups (broad SMARTS) is 1. The van der Waals surface area contributed by atoms with E-state index in [9.17, 15) is 19.2 Å². The molecule has 0 saturated carbocycles. The van der Waals surface area contributed by atoms with Gasteiger partial charge >= 0.3 is 11.7 Å². The number of nitrogens with one attached hydrogen (secondary N) is 2. The van der Waals surface area contributed by atoms with Crippen LogP contribution in [-0.2, 0) is 16.1 Å². The molecule has 1 amide bonds. The zero-order valence-electron chi connectivity index (χ0n) is 10.4. The molecule has 1 heterocycles. The number of carbonyl (C=O) groups is 2. The smallest absolute Gasteiger partial charge is 0.328 e. The molecule has 0 fully saturated rings. The minimum atomic E-state index is -1.10. The quantitative estimate of drug-likeness (QED) is 0.605. The Morgan fingerprint density at radius 3 is 2.68 bits per heavy atom. The molecule has 1 aromatic heterocycles. The van der Waals surface area contributed by atoms with E-state index in [-0.39, 0.29) is 19.4 Å². The highest BCUT2D eigenvalue weighted by atomic mass is 16.4. The summed E-state index contributed by atoms with van der Waals surface area (Å²) in [5.41, 5.74) is -1.12. The number of hydrogen-bond acceptors (Lipinski definition) is 4. The molecule has 104 valence electrons. The third kappa shape index (κ3) is 4.41. The summed E-state index contributed by atoms with van der Waals surface area (Å²) in [7, 11) is 0. The molecular weight excluding hydrogens is 254 g/mol. The van der Waals surface area contributed by atoms with Crippen molar-refractivity contribution in [2.45, 2.75) is 32.4 Å².